The van der Waals surface area contributed by atoms with Crippen LogP contribution in [-0.4, -0.2) is 63.7 Å². The lowest BCUT2D eigenvalue weighted by molar-refractivity contribution is -0.154. The third-order valence-electron chi connectivity index (χ3n) is 10.6. The van der Waals surface area contributed by atoms with Crippen molar-refractivity contribution in [2.24, 2.45) is 37.8 Å². The van der Waals surface area contributed by atoms with E-state index in [1.54, 1.807) is 33.6 Å². The van der Waals surface area contributed by atoms with Gasteiger partial charge >= 0.3 is 12.4 Å². The first-order valence-corrected chi connectivity index (χ1v) is 18.0. The lowest BCUT2D eigenvalue weighted by atomic mass is 10.1. The summed E-state index contributed by atoms with van der Waals surface area (Å²) >= 11 is 0. The number of rotatable bonds is 6. The van der Waals surface area contributed by atoms with Gasteiger partial charge in [0.25, 0.3) is 0 Å². The number of halogens is 6. The highest BCUT2D eigenvalue weighted by Gasteiger charge is 2.59. The minimum atomic E-state index is -4.35. The van der Waals surface area contributed by atoms with Gasteiger partial charge in [-0.1, -0.05) is 0 Å². The van der Waals surface area contributed by atoms with Gasteiger partial charge in [0, 0.05) is 59.8 Å². The zero-order valence-corrected chi connectivity index (χ0v) is 32.0. The molecule has 58 heavy (non-hydrogen) atoms. The van der Waals surface area contributed by atoms with E-state index in [0.29, 0.717) is 32.9 Å². The van der Waals surface area contributed by atoms with Crippen molar-refractivity contribution in [3.05, 3.63) is 59.4 Å². The Balaban J connectivity index is 0.000000177. The number of nitrogens with zero attached hydrogens (tertiary/aromatic N) is 8. The van der Waals surface area contributed by atoms with Crippen LogP contribution in [-0.2, 0) is 23.7 Å². The van der Waals surface area contributed by atoms with E-state index in [4.69, 9.17) is 11.5 Å². The van der Waals surface area contributed by atoms with Crippen LogP contribution in [0.3, 0.4) is 0 Å². The number of aryl methyl sites for hydroxylation is 4. The molecule has 8 rings (SSSR count). The van der Waals surface area contributed by atoms with Gasteiger partial charge in [0.05, 0.1) is 46.4 Å². The van der Waals surface area contributed by atoms with Crippen molar-refractivity contribution in [2.75, 3.05) is 22.1 Å². The lowest BCUT2D eigenvalue weighted by Crippen LogP contribution is -2.20. The number of nitrogens with two attached hydrogens (primary N) is 2. The van der Waals surface area contributed by atoms with E-state index in [1.807, 2.05) is 41.8 Å². The molecule has 20 heteroatoms. The van der Waals surface area contributed by atoms with Gasteiger partial charge in [0.1, 0.15) is 23.3 Å². The Bertz CT molecular complexity index is 2450. The van der Waals surface area contributed by atoms with Crippen molar-refractivity contribution in [3.63, 3.8) is 0 Å². The quantitative estimate of drug-likeness (QED) is 0.131. The molecule has 304 valence electrons. The van der Waals surface area contributed by atoms with E-state index in [1.165, 1.54) is 12.4 Å². The van der Waals surface area contributed by atoms with Gasteiger partial charge in [-0.3, -0.25) is 19.0 Å². The third-order valence-corrected chi connectivity index (χ3v) is 10.6. The Morgan fingerprint density at radius 3 is 1.31 bits per heavy atom. The van der Waals surface area contributed by atoms with Crippen LogP contribution in [0.4, 0.5) is 49.6 Å². The number of aromatic nitrogens is 8. The van der Waals surface area contributed by atoms with E-state index in [2.05, 4.69) is 40.8 Å². The monoisotopic (exact) mass is 808 g/mol. The average Bonchev–Trinajstić information content (AvgIpc) is 4.04. The molecule has 2 aliphatic carbocycles. The number of amides is 2. The summed E-state index contributed by atoms with van der Waals surface area (Å²) in [5, 5.41) is 16.2. The van der Waals surface area contributed by atoms with Crippen molar-refractivity contribution in [1.82, 2.24) is 39.5 Å². The van der Waals surface area contributed by atoms with Gasteiger partial charge in [-0.05, 0) is 75.6 Å². The topological polar surface area (TPSA) is 197 Å². The number of nitrogens with one attached hydrogen (secondary N) is 2. The summed E-state index contributed by atoms with van der Waals surface area (Å²) < 4.78 is 79.6. The standard InChI is InChI=1S/2C19H19F3N6O/c2*1-8-16(9(2)28(3)27-8)14-4-10-5-15(24-7-12(10)17(23)25-14)26-18(29)11-6-13(11)19(20,21)22/h2*4-5,7,11,13H,6H2,1-3H3,(H2,23,25)(H,24,26,29)/t11-,13-;/m0./s1. The summed E-state index contributed by atoms with van der Waals surface area (Å²) in [5.74, 6) is -5.76. The molecule has 2 amide bonds. The Labute approximate surface area is 326 Å². The second kappa shape index (κ2) is 14.2. The van der Waals surface area contributed by atoms with Gasteiger partial charge in [-0.2, -0.15) is 36.5 Å². The van der Waals surface area contributed by atoms with Gasteiger partial charge < -0.3 is 22.1 Å². The fraction of sp³-hybridized carbons (Fsp3) is 0.368. The van der Waals surface area contributed by atoms with Crippen molar-refractivity contribution in [3.8, 4) is 22.5 Å². The number of alkyl halides is 6. The first kappa shape index (κ1) is 39.9. The minimum Gasteiger partial charge on any atom is -0.383 e. The van der Waals surface area contributed by atoms with E-state index < -0.39 is 47.8 Å². The number of anilines is 4. The van der Waals surface area contributed by atoms with Crippen LogP contribution in [0.1, 0.15) is 35.6 Å². The van der Waals surface area contributed by atoms with Crippen LogP contribution < -0.4 is 22.1 Å². The fourth-order valence-electron chi connectivity index (χ4n) is 7.16. The third kappa shape index (κ3) is 7.69. The van der Waals surface area contributed by atoms with Crippen LogP contribution >= 0.6 is 0 Å². The molecular weight excluding hydrogens is 770 g/mol. The predicted octanol–water partition coefficient (Wildman–Crippen LogP) is 6.73. The number of fused-ring (bicyclic) bond motifs is 2. The maximum Gasteiger partial charge on any atom is 0.392 e. The molecule has 6 N–H and O–H groups in total. The van der Waals surface area contributed by atoms with Crippen molar-refractivity contribution in [1.29, 1.82) is 0 Å². The van der Waals surface area contributed by atoms with Crippen molar-refractivity contribution < 1.29 is 35.9 Å². The highest BCUT2D eigenvalue weighted by molar-refractivity contribution is 6.00. The molecule has 0 saturated heterocycles. The summed E-state index contributed by atoms with van der Waals surface area (Å²) in [5.41, 5.74) is 18.6. The van der Waals surface area contributed by atoms with Gasteiger partial charge in [0.15, 0.2) is 0 Å². The molecule has 0 radical (unpaired) electrons. The van der Waals surface area contributed by atoms with Crippen LogP contribution in [0.25, 0.3) is 44.1 Å². The summed E-state index contributed by atoms with van der Waals surface area (Å²) in [6, 6.07) is 6.77. The van der Waals surface area contributed by atoms with Gasteiger partial charge in [0.2, 0.25) is 11.8 Å². The molecule has 2 aliphatic rings. The molecule has 4 atom stereocenters. The highest BCUT2D eigenvalue weighted by atomic mass is 19.4. The number of hydrogen-bond acceptors (Lipinski definition) is 10. The van der Waals surface area contributed by atoms with Crippen LogP contribution in [0, 0.1) is 51.4 Å². The molecular formula is C38H38F6N12O2. The second-order valence-corrected chi connectivity index (χ2v) is 14.7. The number of carbonyl (C=O) groups is 2. The molecule has 0 aromatic carbocycles. The summed E-state index contributed by atoms with van der Waals surface area (Å²) in [6.45, 7) is 7.58. The summed E-state index contributed by atoms with van der Waals surface area (Å²) in [6.07, 6.45) is -6.18. The molecule has 6 aromatic heterocycles. The first-order valence-electron chi connectivity index (χ1n) is 18.0. The smallest absolute Gasteiger partial charge is 0.383 e. The maximum absolute atomic E-state index is 12.7. The Morgan fingerprint density at radius 2 is 1.02 bits per heavy atom. The van der Waals surface area contributed by atoms with Gasteiger partial charge in [-0.15, -0.1) is 0 Å². The highest BCUT2D eigenvalue weighted by Crippen LogP contribution is 2.51. The molecule has 2 saturated carbocycles. The van der Waals surface area contributed by atoms with Crippen LogP contribution in [0.2, 0.25) is 0 Å². The molecule has 0 bridgehead atoms. The lowest BCUT2D eigenvalue weighted by Gasteiger charge is -2.10. The SMILES string of the molecule is Cc1nn(C)c(C)c1-c1cc2cc(NC(=O)C3CC3C(F)(F)F)ncc2c(N)n1.Cc1nn(C)c(C)c1-c1cc2cc(NC(=O)[C@H]3C[C@@H]3C(F)(F)F)ncc2c(N)n1. The van der Waals surface area contributed by atoms with Crippen LogP contribution in [0.5, 0.6) is 0 Å². The molecule has 6 aromatic rings. The van der Waals surface area contributed by atoms with Crippen LogP contribution in [0.15, 0.2) is 36.7 Å². The summed E-state index contributed by atoms with van der Waals surface area (Å²) in [4.78, 5) is 41.3. The predicted molar refractivity (Wildman–Crippen MR) is 204 cm³/mol. The molecule has 0 spiro atoms. The van der Waals surface area contributed by atoms with E-state index in [9.17, 15) is 35.9 Å². The molecule has 2 fully saturated rings. The summed E-state index contributed by atoms with van der Waals surface area (Å²) in [7, 11) is 3.67. The van der Waals surface area contributed by atoms with E-state index >= 15 is 0 Å². The maximum atomic E-state index is 12.7. The first-order chi connectivity index (χ1) is 27.1. The number of hydrogen-bond donors (Lipinski definition) is 4. The number of pyridine rings is 4. The van der Waals surface area contributed by atoms with E-state index in [-0.39, 0.29) is 36.1 Å². The second-order valence-electron chi connectivity index (χ2n) is 14.7. The minimum absolute atomic E-state index is 0.173. The van der Waals surface area contributed by atoms with Crippen molar-refractivity contribution >= 4 is 56.6 Å². The molecule has 14 nitrogen and oxygen atoms in total. The number of nitrogen functional groups attached to an aromatic ring is 2. The normalized spacial score (nSPS) is 18.8. The molecule has 6 heterocycles. The Hall–Kier alpha value is -6.34. The Morgan fingerprint density at radius 1 is 0.655 bits per heavy atom. The zero-order valence-electron chi connectivity index (χ0n) is 32.0. The Kier molecular flexibility index (Phi) is 9.79. The molecule has 2 unspecified atom stereocenters. The zero-order chi connectivity index (χ0) is 42.2. The largest absolute Gasteiger partial charge is 0.392 e. The van der Waals surface area contributed by atoms with E-state index in [0.717, 1.165) is 33.9 Å². The van der Waals surface area contributed by atoms with Gasteiger partial charge in [-0.25, -0.2) is 19.9 Å². The average molecular weight is 809 g/mol. The van der Waals surface area contributed by atoms with Crippen molar-refractivity contribution in [2.45, 2.75) is 52.9 Å². The fourth-order valence-corrected chi connectivity index (χ4v) is 7.16. The molecule has 0 aliphatic heterocycles. The number of carbonyl (C=O) groups excluding carboxylic acids is 2.